The topological polar surface area (TPSA) is 43.1 Å². The van der Waals surface area contributed by atoms with Crippen LogP contribution in [0.2, 0.25) is 0 Å². The van der Waals surface area contributed by atoms with Gasteiger partial charge in [-0.2, -0.15) is 0 Å². The molecule has 0 spiro atoms. The molecule has 13 heavy (non-hydrogen) atoms. The summed E-state index contributed by atoms with van der Waals surface area (Å²) in [5, 5.41) is 0. The Labute approximate surface area is 77.2 Å². The summed E-state index contributed by atoms with van der Waals surface area (Å²) in [5.41, 5.74) is 0. The number of hydrogen-bond donors (Lipinski definition) is 0. The minimum atomic E-state index is 0.367. The number of nitrogens with zero attached hydrogens (tertiary/aromatic N) is 1. The predicted molar refractivity (Wildman–Crippen MR) is 47.5 cm³/mol. The largest absolute Gasteiger partial charge is 0.446 e. The van der Waals surface area contributed by atoms with E-state index in [2.05, 4.69) is 4.98 Å². The Hall–Kier alpha value is -1.12. The van der Waals surface area contributed by atoms with Gasteiger partial charge in [0.15, 0.2) is 5.89 Å². The summed E-state index contributed by atoms with van der Waals surface area (Å²) in [6, 6.07) is 0. The number of ketones is 1. The molecule has 2 rings (SSSR count). The molecule has 1 fully saturated rings. The van der Waals surface area contributed by atoms with Gasteiger partial charge in [-0.25, -0.2) is 4.98 Å². The lowest BCUT2D eigenvalue weighted by molar-refractivity contribution is -0.120. The van der Waals surface area contributed by atoms with Gasteiger partial charge >= 0.3 is 0 Å². The van der Waals surface area contributed by atoms with Crippen molar-refractivity contribution in [1.29, 1.82) is 0 Å². The van der Waals surface area contributed by atoms with E-state index >= 15 is 0 Å². The van der Waals surface area contributed by atoms with Gasteiger partial charge in [-0.3, -0.25) is 4.79 Å². The first-order valence-electron chi connectivity index (χ1n) is 4.70. The van der Waals surface area contributed by atoms with Gasteiger partial charge in [-0.05, 0) is 19.8 Å². The van der Waals surface area contributed by atoms with Crippen LogP contribution in [0.15, 0.2) is 10.6 Å². The molecule has 1 heterocycles. The van der Waals surface area contributed by atoms with E-state index in [-0.39, 0.29) is 0 Å². The summed E-state index contributed by atoms with van der Waals surface area (Å²) in [7, 11) is 0. The molecule has 0 radical (unpaired) electrons. The summed E-state index contributed by atoms with van der Waals surface area (Å²) in [6.07, 6.45) is 4.92. The average molecular weight is 179 g/mol. The Bertz CT molecular complexity index is 306. The van der Waals surface area contributed by atoms with Crippen molar-refractivity contribution in [3.05, 3.63) is 17.8 Å². The molecule has 0 bridgehead atoms. The highest BCUT2D eigenvalue weighted by molar-refractivity contribution is 5.79. The minimum absolute atomic E-state index is 0.367. The van der Waals surface area contributed by atoms with Crippen LogP contribution in [0.25, 0.3) is 0 Å². The second-order valence-electron chi connectivity index (χ2n) is 3.62. The first-order valence-corrected chi connectivity index (χ1v) is 4.70. The van der Waals surface area contributed by atoms with Gasteiger partial charge in [-0.1, -0.05) is 0 Å². The summed E-state index contributed by atoms with van der Waals surface area (Å²) in [4.78, 5) is 15.2. The van der Waals surface area contributed by atoms with Crippen LogP contribution >= 0.6 is 0 Å². The Morgan fingerprint density at radius 3 is 2.69 bits per heavy atom. The fourth-order valence-electron chi connectivity index (χ4n) is 1.75. The molecule has 0 unspecified atom stereocenters. The molecule has 3 heteroatoms. The fraction of sp³-hybridized carbons (Fsp3) is 0.600. The predicted octanol–water partition coefficient (Wildman–Crippen LogP) is 2.21. The Morgan fingerprint density at radius 2 is 2.15 bits per heavy atom. The number of carbonyl (C=O) groups excluding carboxylic acids is 1. The second-order valence-corrected chi connectivity index (χ2v) is 3.62. The lowest BCUT2D eigenvalue weighted by atomic mass is 9.88. The van der Waals surface area contributed by atoms with E-state index in [0.29, 0.717) is 24.5 Å². The lowest BCUT2D eigenvalue weighted by Crippen LogP contribution is -2.12. The van der Waals surface area contributed by atoms with Gasteiger partial charge in [-0.15, -0.1) is 0 Å². The van der Waals surface area contributed by atoms with Crippen LogP contribution < -0.4 is 0 Å². The summed E-state index contributed by atoms with van der Waals surface area (Å²) in [6.45, 7) is 1.89. The lowest BCUT2D eigenvalue weighted by Gasteiger charge is -2.17. The van der Waals surface area contributed by atoms with Crippen molar-refractivity contribution in [2.24, 2.45) is 0 Å². The van der Waals surface area contributed by atoms with Crippen LogP contribution in [0, 0.1) is 6.92 Å². The van der Waals surface area contributed by atoms with Crippen LogP contribution in [0.5, 0.6) is 0 Å². The SMILES string of the molecule is Cc1cnc(C2CCC(=O)CC2)o1. The minimum Gasteiger partial charge on any atom is -0.446 e. The van der Waals surface area contributed by atoms with Crippen LogP contribution in [-0.2, 0) is 4.79 Å². The van der Waals surface area contributed by atoms with Crippen molar-refractivity contribution >= 4 is 5.78 Å². The molecule has 0 saturated heterocycles. The number of aryl methyl sites for hydroxylation is 1. The summed E-state index contributed by atoms with van der Waals surface area (Å²) < 4.78 is 5.44. The van der Waals surface area contributed by atoms with Gasteiger partial charge in [0.05, 0.1) is 6.20 Å². The quantitative estimate of drug-likeness (QED) is 0.663. The van der Waals surface area contributed by atoms with Crippen molar-refractivity contribution in [3.63, 3.8) is 0 Å². The average Bonchev–Trinajstić information content (AvgIpc) is 2.53. The number of Topliss-reactive ketones (excluding diaryl/α,β-unsaturated/α-hetero) is 1. The molecule has 3 nitrogen and oxygen atoms in total. The number of rotatable bonds is 1. The summed E-state index contributed by atoms with van der Waals surface area (Å²) in [5.74, 6) is 2.41. The van der Waals surface area contributed by atoms with E-state index in [1.807, 2.05) is 6.92 Å². The fourth-order valence-corrected chi connectivity index (χ4v) is 1.75. The highest BCUT2D eigenvalue weighted by Crippen LogP contribution is 2.30. The van der Waals surface area contributed by atoms with E-state index in [1.54, 1.807) is 6.20 Å². The van der Waals surface area contributed by atoms with Gasteiger partial charge < -0.3 is 4.42 Å². The van der Waals surface area contributed by atoms with E-state index < -0.39 is 0 Å². The van der Waals surface area contributed by atoms with Crippen LogP contribution in [0.3, 0.4) is 0 Å². The van der Waals surface area contributed by atoms with Gasteiger partial charge in [0.2, 0.25) is 0 Å². The number of hydrogen-bond acceptors (Lipinski definition) is 3. The van der Waals surface area contributed by atoms with E-state index in [9.17, 15) is 4.79 Å². The summed E-state index contributed by atoms with van der Waals surface area (Å²) >= 11 is 0. The number of aromatic nitrogens is 1. The smallest absolute Gasteiger partial charge is 0.197 e. The second kappa shape index (κ2) is 3.32. The van der Waals surface area contributed by atoms with Crippen LogP contribution in [0.4, 0.5) is 0 Å². The first-order chi connectivity index (χ1) is 6.25. The van der Waals surface area contributed by atoms with Crippen molar-refractivity contribution in [3.8, 4) is 0 Å². The third kappa shape index (κ3) is 1.79. The maximum Gasteiger partial charge on any atom is 0.197 e. The molecule has 1 aromatic rings. The molecule has 1 aliphatic rings. The van der Waals surface area contributed by atoms with Crippen molar-refractivity contribution in [1.82, 2.24) is 4.98 Å². The monoisotopic (exact) mass is 179 g/mol. The molecule has 0 aromatic carbocycles. The first kappa shape index (κ1) is 8.48. The molecule has 0 aliphatic heterocycles. The third-order valence-corrected chi connectivity index (χ3v) is 2.53. The molecule has 1 saturated carbocycles. The Morgan fingerprint density at radius 1 is 1.46 bits per heavy atom. The maximum atomic E-state index is 11.0. The standard InChI is InChI=1S/C10H13NO2/c1-7-6-11-10(13-7)8-2-4-9(12)5-3-8/h6,8H,2-5H2,1H3. The highest BCUT2D eigenvalue weighted by Gasteiger charge is 2.23. The molecular weight excluding hydrogens is 166 g/mol. The van der Waals surface area contributed by atoms with Gasteiger partial charge in [0.1, 0.15) is 11.5 Å². The van der Waals surface area contributed by atoms with Crippen molar-refractivity contribution in [2.75, 3.05) is 0 Å². The van der Waals surface area contributed by atoms with Gasteiger partial charge in [0.25, 0.3) is 0 Å². The normalized spacial score (nSPS) is 19.3. The zero-order valence-corrected chi connectivity index (χ0v) is 7.75. The van der Waals surface area contributed by atoms with Gasteiger partial charge in [0, 0.05) is 18.8 Å². The zero-order chi connectivity index (χ0) is 9.26. The third-order valence-electron chi connectivity index (χ3n) is 2.53. The maximum absolute atomic E-state index is 11.0. The highest BCUT2D eigenvalue weighted by atomic mass is 16.4. The van der Waals surface area contributed by atoms with Crippen LogP contribution in [0.1, 0.15) is 43.3 Å². The molecule has 1 aliphatic carbocycles. The van der Waals surface area contributed by atoms with Crippen LogP contribution in [-0.4, -0.2) is 10.8 Å². The molecular formula is C10H13NO2. The number of carbonyl (C=O) groups is 1. The van der Waals surface area contributed by atoms with E-state index in [0.717, 1.165) is 24.5 Å². The number of oxazole rings is 1. The zero-order valence-electron chi connectivity index (χ0n) is 7.75. The molecule has 1 aromatic heterocycles. The molecule has 70 valence electrons. The van der Waals surface area contributed by atoms with Crippen molar-refractivity contribution in [2.45, 2.75) is 38.5 Å². The van der Waals surface area contributed by atoms with E-state index in [4.69, 9.17) is 4.42 Å². The molecule has 0 N–H and O–H groups in total. The van der Waals surface area contributed by atoms with E-state index in [1.165, 1.54) is 0 Å². The Kier molecular flexibility index (Phi) is 2.17. The van der Waals surface area contributed by atoms with Crippen molar-refractivity contribution < 1.29 is 9.21 Å². The Balaban J connectivity index is 2.06. The molecule has 0 atom stereocenters. The molecule has 0 amide bonds.